The van der Waals surface area contributed by atoms with Gasteiger partial charge in [-0.2, -0.15) is 0 Å². The quantitative estimate of drug-likeness (QED) is 0.851. The molecule has 2 rings (SSSR count). The van der Waals surface area contributed by atoms with E-state index in [-0.39, 0.29) is 12.5 Å². The number of carbonyl (C=O) groups is 1. The van der Waals surface area contributed by atoms with Crippen molar-refractivity contribution in [3.63, 3.8) is 0 Å². The van der Waals surface area contributed by atoms with Gasteiger partial charge in [-0.05, 0) is 26.0 Å². The fourth-order valence-corrected chi connectivity index (χ4v) is 2.27. The maximum Gasteiger partial charge on any atom is 0.306 e. The average Bonchev–Trinajstić information content (AvgIpc) is 2.66. The number of carboxylic acid groups (broad SMARTS) is 1. The molecule has 0 saturated heterocycles. The third-order valence-corrected chi connectivity index (χ3v) is 3.06. The molecule has 0 saturated carbocycles. The molecule has 5 nitrogen and oxygen atoms in total. The van der Waals surface area contributed by atoms with Crippen molar-refractivity contribution in [1.82, 2.24) is 0 Å². The smallest absolute Gasteiger partial charge is 0.306 e. The number of ether oxygens (including phenoxy) is 2. The molecule has 1 aromatic rings. The normalized spacial score (nSPS) is 18.6. The zero-order chi connectivity index (χ0) is 14.0. The van der Waals surface area contributed by atoms with E-state index in [4.69, 9.17) is 14.6 Å². The fraction of sp³-hybridized carbons (Fsp3) is 0.500. The van der Waals surface area contributed by atoms with Crippen LogP contribution in [-0.2, 0) is 11.2 Å². The van der Waals surface area contributed by atoms with E-state index in [1.165, 1.54) is 0 Å². The van der Waals surface area contributed by atoms with Crippen LogP contribution in [-0.4, -0.2) is 28.9 Å². The number of aliphatic carboxylic acids is 1. The van der Waals surface area contributed by atoms with Gasteiger partial charge in [-0.15, -0.1) is 0 Å². The lowest BCUT2D eigenvalue weighted by molar-refractivity contribution is -0.139. The molecule has 2 N–H and O–H groups in total. The van der Waals surface area contributed by atoms with Gasteiger partial charge < -0.3 is 19.7 Å². The molecule has 0 amide bonds. The lowest BCUT2D eigenvalue weighted by Crippen LogP contribution is -2.08. The molecule has 0 bridgehead atoms. The first-order valence-corrected chi connectivity index (χ1v) is 6.37. The highest BCUT2D eigenvalue weighted by Gasteiger charge is 2.25. The largest absolute Gasteiger partial charge is 0.493 e. The van der Waals surface area contributed by atoms with Gasteiger partial charge in [-0.3, -0.25) is 4.79 Å². The molecule has 0 aliphatic carbocycles. The Bertz CT molecular complexity index is 483. The Morgan fingerprint density at radius 3 is 2.95 bits per heavy atom. The summed E-state index contributed by atoms with van der Waals surface area (Å²) in [6.45, 7) is 4.27. The van der Waals surface area contributed by atoms with Gasteiger partial charge in [-0.25, -0.2) is 0 Å². The Balaban J connectivity index is 2.35. The summed E-state index contributed by atoms with van der Waals surface area (Å²) in [7, 11) is 0. The molecule has 2 atom stereocenters. The third kappa shape index (κ3) is 2.98. The van der Waals surface area contributed by atoms with Gasteiger partial charge in [-0.1, -0.05) is 0 Å². The van der Waals surface area contributed by atoms with E-state index in [9.17, 15) is 9.90 Å². The standard InChI is InChI=1S/C14H18O5/c1-3-18-13-5-9-4-8(2)19-12(9)6-10(13)11(15)7-14(16)17/h5-6,8,11,15H,3-4,7H2,1-2H3,(H,16,17). The Hall–Kier alpha value is -1.75. The van der Waals surface area contributed by atoms with Gasteiger partial charge in [0.25, 0.3) is 0 Å². The molecule has 1 heterocycles. The van der Waals surface area contributed by atoms with Crippen LogP contribution >= 0.6 is 0 Å². The summed E-state index contributed by atoms with van der Waals surface area (Å²) in [5.41, 5.74) is 1.50. The summed E-state index contributed by atoms with van der Waals surface area (Å²) in [5, 5.41) is 18.7. The Labute approximate surface area is 111 Å². The van der Waals surface area contributed by atoms with Gasteiger partial charge in [0.1, 0.15) is 17.6 Å². The molecule has 0 fully saturated rings. The maximum atomic E-state index is 10.7. The minimum atomic E-state index is -1.09. The lowest BCUT2D eigenvalue weighted by atomic mass is 10.0. The number of rotatable bonds is 5. The summed E-state index contributed by atoms with van der Waals surface area (Å²) < 4.78 is 11.1. The SMILES string of the molecule is CCOc1cc2c(cc1C(O)CC(=O)O)OC(C)C2. The summed E-state index contributed by atoms with van der Waals surface area (Å²) in [5.74, 6) is 0.188. The second-order valence-corrected chi connectivity index (χ2v) is 4.68. The van der Waals surface area contributed by atoms with E-state index in [0.29, 0.717) is 23.7 Å². The average molecular weight is 266 g/mol. The Morgan fingerprint density at radius 2 is 2.32 bits per heavy atom. The van der Waals surface area contributed by atoms with Crippen LogP contribution in [0.2, 0.25) is 0 Å². The van der Waals surface area contributed by atoms with Crippen molar-refractivity contribution in [2.75, 3.05) is 6.61 Å². The van der Waals surface area contributed by atoms with Crippen molar-refractivity contribution in [2.45, 2.75) is 38.9 Å². The predicted octanol–water partition coefficient (Wildman–Crippen LogP) is 1.92. The topological polar surface area (TPSA) is 76.0 Å². The molecule has 0 aromatic heterocycles. The lowest BCUT2D eigenvalue weighted by Gasteiger charge is -2.16. The van der Waals surface area contributed by atoms with Gasteiger partial charge in [0.05, 0.1) is 19.1 Å². The van der Waals surface area contributed by atoms with E-state index in [1.54, 1.807) is 6.07 Å². The van der Waals surface area contributed by atoms with Crippen LogP contribution in [0, 0.1) is 0 Å². The first-order chi connectivity index (χ1) is 9.01. The molecule has 104 valence electrons. The minimum Gasteiger partial charge on any atom is -0.493 e. The van der Waals surface area contributed by atoms with Crippen LogP contribution < -0.4 is 9.47 Å². The number of benzene rings is 1. The number of hydrogen-bond acceptors (Lipinski definition) is 4. The first kappa shape index (κ1) is 13.7. The molecule has 0 radical (unpaired) electrons. The highest BCUT2D eigenvalue weighted by molar-refractivity contribution is 5.68. The van der Waals surface area contributed by atoms with E-state index in [1.807, 2.05) is 19.9 Å². The van der Waals surface area contributed by atoms with E-state index < -0.39 is 12.1 Å². The van der Waals surface area contributed by atoms with E-state index in [2.05, 4.69) is 0 Å². The monoisotopic (exact) mass is 266 g/mol. The van der Waals surface area contributed by atoms with Crippen molar-refractivity contribution in [1.29, 1.82) is 0 Å². The molecule has 2 unspecified atom stereocenters. The Kier molecular flexibility index (Phi) is 3.95. The van der Waals surface area contributed by atoms with Crippen molar-refractivity contribution in [3.05, 3.63) is 23.3 Å². The van der Waals surface area contributed by atoms with Crippen molar-refractivity contribution in [2.24, 2.45) is 0 Å². The molecule has 0 spiro atoms. The molecule has 5 heteroatoms. The number of aliphatic hydroxyl groups excluding tert-OH is 1. The van der Waals surface area contributed by atoms with Crippen LogP contribution in [0.4, 0.5) is 0 Å². The van der Waals surface area contributed by atoms with Crippen LogP contribution in [0.25, 0.3) is 0 Å². The molecule has 1 aliphatic heterocycles. The predicted molar refractivity (Wildman–Crippen MR) is 68.6 cm³/mol. The number of hydrogen-bond donors (Lipinski definition) is 2. The summed E-state index contributed by atoms with van der Waals surface area (Å²) >= 11 is 0. The molecule has 1 aliphatic rings. The van der Waals surface area contributed by atoms with E-state index in [0.717, 1.165) is 12.0 Å². The van der Waals surface area contributed by atoms with Crippen LogP contribution in [0.15, 0.2) is 12.1 Å². The number of carboxylic acids is 1. The minimum absolute atomic E-state index is 0.0938. The second kappa shape index (κ2) is 5.48. The van der Waals surface area contributed by atoms with Crippen molar-refractivity contribution < 1.29 is 24.5 Å². The first-order valence-electron chi connectivity index (χ1n) is 6.37. The summed E-state index contributed by atoms with van der Waals surface area (Å²) in [6, 6.07) is 3.53. The second-order valence-electron chi connectivity index (χ2n) is 4.68. The van der Waals surface area contributed by atoms with Crippen LogP contribution in [0.3, 0.4) is 0 Å². The molecular weight excluding hydrogens is 248 g/mol. The van der Waals surface area contributed by atoms with Gasteiger partial charge >= 0.3 is 5.97 Å². The molecular formula is C14H18O5. The van der Waals surface area contributed by atoms with Crippen molar-refractivity contribution in [3.8, 4) is 11.5 Å². The van der Waals surface area contributed by atoms with Gasteiger partial charge in [0.15, 0.2) is 0 Å². The number of aliphatic hydroxyl groups is 1. The summed E-state index contributed by atoms with van der Waals surface area (Å²) in [4.78, 5) is 10.7. The summed E-state index contributed by atoms with van der Waals surface area (Å²) in [6.07, 6.45) is -0.556. The Morgan fingerprint density at radius 1 is 1.58 bits per heavy atom. The zero-order valence-corrected chi connectivity index (χ0v) is 11.0. The fourth-order valence-electron chi connectivity index (χ4n) is 2.27. The third-order valence-electron chi connectivity index (χ3n) is 3.06. The van der Waals surface area contributed by atoms with Crippen LogP contribution in [0.1, 0.15) is 37.5 Å². The van der Waals surface area contributed by atoms with Crippen LogP contribution in [0.5, 0.6) is 11.5 Å². The van der Waals surface area contributed by atoms with Gasteiger partial charge in [0.2, 0.25) is 0 Å². The highest BCUT2D eigenvalue weighted by atomic mass is 16.5. The maximum absolute atomic E-state index is 10.7. The molecule has 19 heavy (non-hydrogen) atoms. The zero-order valence-electron chi connectivity index (χ0n) is 11.0. The highest BCUT2D eigenvalue weighted by Crippen LogP contribution is 2.38. The number of fused-ring (bicyclic) bond motifs is 1. The van der Waals surface area contributed by atoms with Gasteiger partial charge in [0, 0.05) is 17.5 Å². The molecule has 1 aromatic carbocycles. The van der Waals surface area contributed by atoms with E-state index >= 15 is 0 Å². The van der Waals surface area contributed by atoms with Crippen molar-refractivity contribution >= 4 is 5.97 Å².